The number of thiol groups is 1. The van der Waals surface area contributed by atoms with Crippen molar-refractivity contribution >= 4 is 18.5 Å². The van der Waals surface area contributed by atoms with Crippen molar-refractivity contribution in [2.24, 2.45) is 11.8 Å². The van der Waals surface area contributed by atoms with Gasteiger partial charge >= 0.3 is 0 Å². The van der Waals surface area contributed by atoms with Gasteiger partial charge in [0.05, 0.1) is 0 Å². The highest BCUT2D eigenvalue weighted by Gasteiger charge is 2.19. The van der Waals surface area contributed by atoms with Crippen molar-refractivity contribution in [1.82, 2.24) is 4.90 Å². The van der Waals surface area contributed by atoms with Gasteiger partial charge in [-0.05, 0) is 36.5 Å². The van der Waals surface area contributed by atoms with Crippen LogP contribution in [0.5, 0.6) is 0 Å². The highest BCUT2D eigenvalue weighted by atomic mass is 32.1. The zero-order valence-corrected chi connectivity index (χ0v) is 13.5. The summed E-state index contributed by atoms with van der Waals surface area (Å²) in [4.78, 5) is 15.5. The monoisotopic (exact) mass is 279 g/mol. The summed E-state index contributed by atoms with van der Waals surface area (Å²) in [6.07, 6.45) is 0. The summed E-state index contributed by atoms with van der Waals surface area (Å²) in [5.74, 6) is 1.07. The molecule has 0 heterocycles. The first-order chi connectivity index (χ1) is 8.81. The Kier molecular flexibility index (Phi) is 5.92. The van der Waals surface area contributed by atoms with E-state index in [2.05, 4.69) is 40.3 Å². The molecule has 2 nitrogen and oxygen atoms in total. The lowest BCUT2D eigenvalue weighted by atomic mass is 10.1. The third kappa shape index (κ3) is 4.90. The summed E-state index contributed by atoms with van der Waals surface area (Å²) < 4.78 is 0. The molecule has 0 aliphatic heterocycles. The molecule has 1 rings (SSSR count). The molecule has 0 aromatic heterocycles. The highest BCUT2D eigenvalue weighted by Crippen LogP contribution is 2.17. The predicted octanol–water partition coefficient (Wildman–Crippen LogP) is 4.04. The third-order valence-corrected chi connectivity index (χ3v) is 3.19. The van der Waals surface area contributed by atoms with E-state index >= 15 is 0 Å². The Morgan fingerprint density at radius 3 is 2.16 bits per heavy atom. The average Bonchev–Trinajstić information content (AvgIpc) is 2.29. The molecule has 0 fully saturated rings. The van der Waals surface area contributed by atoms with Gasteiger partial charge in [-0.2, -0.15) is 0 Å². The Morgan fingerprint density at radius 1 is 1.16 bits per heavy atom. The van der Waals surface area contributed by atoms with E-state index in [9.17, 15) is 4.79 Å². The number of hydrogen-bond donors (Lipinski definition) is 1. The van der Waals surface area contributed by atoms with Crippen LogP contribution in [-0.2, 0) is 0 Å². The molecule has 0 aliphatic carbocycles. The quantitative estimate of drug-likeness (QED) is 0.807. The number of aryl methyl sites for hydroxylation is 1. The van der Waals surface area contributed by atoms with Crippen LogP contribution < -0.4 is 0 Å². The van der Waals surface area contributed by atoms with Gasteiger partial charge in [0.1, 0.15) is 0 Å². The molecule has 1 amide bonds. The molecule has 0 atom stereocenters. The lowest BCUT2D eigenvalue weighted by Gasteiger charge is -2.27. The average molecular weight is 279 g/mol. The van der Waals surface area contributed by atoms with E-state index in [1.807, 2.05) is 30.0 Å². The molecule has 3 heteroatoms. The molecular formula is C16H25NOS. The number of hydrogen-bond acceptors (Lipinski definition) is 2. The summed E-state index contributed by atoms with van der Waals surface area (Å²) in [6, 6.07) is 5.75. The molecule has 19 heavy (non-hydrogen) atoms. The first-order valence-electron chi connectivity index (χ1n) is 6.90. The van der Waals surface area contributed by atoms with Crippen LogP contribution in [0.1, 0.15) is 43.6 Å². The predicted molar refractivity (Wildman–Crippen MR) is 84.0 cm³/mol. The van der Waals surface area contributed by atoms with Crippen molar-refractivity contribution < 1.29 is 4.79 Å². The molecule has 0 saturated heterocycles. The number of rotatable bonds is 5. The van der Waals surface area contributed by atoms with E-state index in [0.29, 0.717) is 11.8 Å². The van der Waals surface area contributed by atoms with Gasteiger partial charge < -0.3 is 4.90 Å². The Hall–Kier alpha value is -0.960. The van der Waals surface area contributed by atoms with Crippen LogP contribution in [0, 0.1) is 18.8 Å². The van der Waals surface area contributed by atoms with Crippen LogP contribution in [0.3, 0.4) is 0 Å². The molecule has 0 unspecified atom stereocenters. The fraction of sp³-hybridized carbons (Fsp3) is 0.562. The summed E-state index contributed by atoms with van der Waals surface area (Å²) in [6.45, 7) is 12.1. The Bertz CT molecular complexity index is 430. The second kappa shape index (κ2) is 6.99. The Morgan fingerprint density at radius 2 is 1.68 bits per heavy atom. The summed E-state index contributed by atoms with van der Waals surface area (Å²) in [5, 5.41) is 0. The molecular weight excluding hydrogens is 254 g/mol. The van der Waals surface area contributed by atoms with Crippen molar-refractivity contribution in [2.75, 3.05) is 13.1 Å². The number of benzene rings is 1. The highest BCUT2D eigenvalue weighted by molar-refractivity contribution is 7.80. The maximum Gasteiger partial charge on any atom is 0.254 e. The van der Waals surface area contributed by atoms with Gasteiger partial charge in [-0.25, -0.2) is 0 Å². The van der Waals surface area contributed by atoms with Crippen molar-refractivity contribution in [3.8, 4) is 0 Å². The topological polar surface area (TPSA) is 20.3 Å². The minimum absolute atomic E-state index is 0.121. The molecule has 0 radical (unpaired) electrons. The summed E-state index contributed by atoms with van der Waals surface area (Å²) in [7, 11) is 0. The van der Waals surface area contributed by atoms with Crippen LogP contribution >= 0.6 is 12.6 Å². The van der Waals surface area contributed by atoms with Crippen molar-refractivity contribution in [2.45, 2.75) is 39.5 Å². The van der Waals surface area contributed by atoms with Crippen molar-refractivity contribution in [3.63, 3.8) is 0 Å². The van der Waals surface area contributed by atoms with E-state index in [0.717, 1.165) is 29.1 Å². The van der Waals surface area contributed by atoms with Gasteiger partial charge in [0.15, 0.2) is 0 Å². The SMILES string of the molecule is Cc1ccc(S)cc1C(=O)N(CC(C)C)CC(C)C. The Labute approximate surface area is 122 Å². The van der Waals surface area contributed by atoms with Crippen LogP contribution in [0.2, 0.25) is 0 Å². The van der Waals surface area contributed by atoms with E-state index in [1.54, 1.807) is 0 Å². The Balaban J connectivity index is 3.00. The van der Waals surface area contributed by atoms with Crippen LogP contribution in [0.25, 0.3) is 0 Å². The standard InChI is InChI=1S/C16H25NOS/c1-11(2)9-17(10-12(3)4)16(18)15-8-14(19)7-6-13(15)5/h6-8,11-12,19H,9-10H2,1-5H3. The minimum atomic E-state index is 0.121. The normalized spacial score (nSPS) is 11.2. The lowest BCUT2D eigenvalue weighted by Crippen LogP contribution is -2.37. The zero-order valence-electron chi connectivity index (χ0n) is 12.6. The van der Waals surface area contributed by atoms with Crippen LogP contribution in [-0.4, -0.2) is 23.9 Å². The van der Waals surface area contributed by atoms with E-state index in [1.165, 1.54) is 0 Å². The number of carbonyl (C=O) groups is 1. The second-order valence-electron chi connectivity index (χ2n) is 6.00. The lowest BCUT2D eigenvalue weighted by molar-refractivity contribution is 0.0714. The largest absolute Gasteiger partial charge is 0.338 e. The molecule has 0 aliphatic rings. The van der Waals surface area contributed by atoms with Gasteiger partial charge in [-0.15, -0.1) is 12.6 Å². The minimum Gasteiger partial charge on any atom is -0.338 e. The van der Waals surface area contributed by atoms with Crippen molar-refractivity contribution in [3.05, 3.63) is 29.3 Å². The van der Waals surface area contributed by atoms with Crippen LogP contribution in [0.4, 0.5) is 0 Å². The summed E-state index contributed by atoms with van der Waals surface area (Å²) >= 11 is 4.33. The van der Waals surface area contributed by atoms with Gasteiger partial charge in [0.25, 0.3) is 5.91 Å². The molecule has 106 valence electrons. The molecule has 1 aromatic carbocycles. The molecule has 0 spiro atoms. The van der Waals surface area contributed by atoms with Crippen LogP contribution in [0.15, 0.2) is 23.1 Å². The summed E-state index contributed by atoms with van der Waals surface area (Å²) in [5.41, 5.74) is 1.79. The van der Waals surface area contributed by atoms with Crippen molar-refractivity contribution in [1.29, 1.82) is 0 Å². The molecule has 0 N–H and O–H groups in total. The zero-order chi connectivity index (χ0) is 14.6. The first-order valence-corrected chi connectivity index (χ1v) is 7.34. The second-order valence-corrected chi connectivity index (χ2v) is 6.51. The van der Waals surface area contributed by atoms with E-state index in [4.69, 9.17) is 0 Å². The van der Waals surface area contributed by atoms with Gasteiger partial charge in [0, 0.05) is 23.5 Å². The fourth-order valence-electron chi connectivity index (χ4n) is 2.13. The number of carbonyl (C=O) groups excluding carboxylic acids is 1. The van der Waals surface area contributed by atoms with Gasteiger partial charge in [-0.1, -0.05) is 33.8 Å². The molecule has 0 bridgehead atoms. The van der Waals surface area contributed by atoms with E-state index in [-0.39, 0.29) is 5.91 Å². The maximum absolute atomic E-state index is 12.7. The number of nitrogens with zero attached hydrogens (tertiary/aromatic N) is 1. The smallest absolute Gasteiger partial charge is 0.254 e. The first kappa shape index (κ1) is 16.1. The molecule has 0 saturated carbocycles. The third-order valence-electron chi connectivity index (χ3n) is 2.91. The molecule has 1 aromatic rings. The van der Waals surface area contributed by atoms with Gasteiger partial charge in [-0.3, -0.25) is 4.79 Å². The number of amides is 1. The fourth-order valence-corrected chi connectivity index (χ4v) is 2.34. The maximum atomic E-state index is 12.7. The van der Waals surface area contributed by atoms with E-state index < -0.39 is 0 Å². The van der Waals surface area contributed by atoms with Gasteiger partial charge in [0.2, 0.25) is 0 Å².